The number of fused-ring (bicyclic) bond motifs is 1. The molecule has 3 heterocycles. The Hall–Kier alpha value is -2.63. The van der Waals surface area contributed by atoms with Gasteiger partial charge in [-0.2, -0.15) is 9.97 Å². The lowest BCUT2D eigenvalue weighted by atomic mass is 10.2. The fraction of sp³-hybridized carbons (Fsp3) is 0.333. The summed E-state index contributed by atoms with van der Waals surface area (Å²) in [6, 6.07) is 7.13. The predicted molar refractivity (Wildman–Crippen MR) is 94.5 cm³/mol. The van der Waals surface area contributed by atoms with Gasteiger partial charge in [0.25, 0.3) is 0 Å². The number of aromatic nitrogens is 3. The van der Waals surface area contributed by atoms with Gasteiger partial charge in [0.05, 0.1) is 5.39 Å². The average Bonchev–Trinajstić information content (AvgIpc) is 3.19. The molecule has 2 N–H and O–H groups in total. The molecule has 6 heteroatoms. The zero-order valence-electron chi connectivity index (χ0n) is 13.9. The van der Waals surface area contributed by atoms with Crippen molar-refractivity contribution in [3.05, 3.63) is 41.3 Å². The summed E-state index contributed by atoms with van der Waals surface area (Å²) < 4.78 is 13.8. The maximum absolute atomic E-state index is 13.8. The van der Waals surface area contributed by atoms with Gasteiger partial charge in [0.1, 0.15) is 17.3 Å². The molecule has 0 atom stereocenters. The SMILES string of the molecule is Cc1cc2c(Nc3ccc(C)c(F)c3)nc(N3CCCC3)nc2[nH]1. The zero-order valence-corrected chi connectivity index (χ0v) is 13.9. The van der Waals surface area contributed by atoms with Crippen LogP contribution in [-0.2, 0) is 0 Å². The minimum absolute atomic E-state index is 0.227. The summed E-state index contributed by atoms with van der Waals surface area (Å²) >= 11 is 0. The van der Waals surface area contributed by atoms with Crippen molar-refractivity contribution in [1.82, 2.24) is 15.0 Å². The number of rotatable bonds is 3. The van der Waals surface area contributed by atoms with E-state index in [-0.39, 0.29) is 5.82 Å². The third-order valence-electron chi connectivity index (χ3n) is 4.43. The van der Waals surface area contributed by atoms with Crippen molar-refractivity contribution in [2.45, 2.75) is 26.7 Å². The van der Waals surface area contributed by atoms with Crippen LogP contribution in [0, 0.1) is 19.7 Å². The lowest BCUT2D eigenvalue weighted by molar-refractivity contribution is 0.619. The second-order valence-corrected chi connectivity index (χ2v) is 6.37. The average molecular weight is 325 g/mol. The van der Waals surface area contributed by atoms with E-state index < -0.39 is 0 Å². The number of hydrogen-bond donors (Lipinski definition) is 2. The van der Waals surface area contributed by atoms with Gasteiger partial charge in [-0.25, -0.2) is 4.39 Å². The molecule has 3 aromatic rings. The molecule has 0 radical (unpaired) electrons. The molecular weight excluding hydrogens is 305 g/mol. The number of nitrogens with one attached hydrogen (secondary N) is 2. The number of anilines is 3. The van der Waals surface area contributed by atoms with Crippen LogP contribution in [0.3, 0.4) is 0 Å². The highest BCUT2D eigenvalue weighted by molar-refractivity contribution is 5.90. The van der Waals surface area contributed by atoms with Crippen LogP contribution >= 0.6 is 0 Å². The Kier molecular flexibility index (Phi) is 3.59. The second-order valence-electron chi connectivity index (χ2n) is 6.37. The van der Waals surface area contributed by atoms with Gasteiger partial charge < -0.3 is 15.2 Å². The quantitative estimate of drug-likeness (QED) is 0.762. The minimum Gasteiger partial charge on any atom is -0.343 e. The molecule has 0 unspecified atom stereocenters. The van der Waals surface area contributed by atoms with Crippen molar-refractivity contribution >= 4 is 28.5 Å². The van der Waals surface area contributed by atoms with E-state index in [9.17, 15) is 4.39 Å². The van der Waals surface area contributed by atoms with E-state index in [1.54, 1.807) is 13.0 Å². The van der Waals surface area contributed by atoms with E-state index >= 15 is 0 Å². The highest BCUT2D eigenvalue weighted by atomic mass is 19.1. The molecule has 0 bridgehead atoms. The normalized spacial score (nSPS) is 14.5. The van der Waals surface area contributed by atoms with Crippen molar-refractivity contribution in [3.63, 3.8) is 0 Å². The molecule has 0 amide bonds. The van der Waals surface area contributed by atoms with E-state index in [0.717, 1.165) is 48.6 Å². The van der Waals surface area contributed by atoms with E-state index in [1.165, 1.54) is 6.07 Å². The number of halogens is 1. The Bertz CT molecular complexity index is 896. The van der Waals surface area contributed by atoms with Gasteiger partial charge in [0.15, 0.2) is 0 Å². The maximum atomic E-state index is 13.8. The highest BCUT2D eigenvalue weighted by Gasteiger charge is 2.18. The Balaban J connectivity index is 1.78. The molecule has 1 fully saturated rings. The van der Waals surface area contributed by atoms with Crippen LogP contribution < -0.4 is 10.2 Å². The van der Waals surface area contributed by atoms with E-state index in [0.29, 0.717) is 17.1 Å². The highest BCUT2D eigenvalue weighted by Crippen LogP contribution is 2.28. The number of benzene rings is 1. The molecule has 0 aliphatic carbocycles. The molecule has 2 aromatic heterocycles. The Morgan fingerprint density at radius 3 is 2.67 bits per heavy atom. The molecule has 1 saturated heterocycles. The number of H-pyrrole nitrogens is 1. The molecule has 5 nitrogen and oxygen atoms in total. The van der Waals surface area contributed by atoms with Crippen LogP contribution in [0.1, 0.15) is 24.1 Å². The van der Waals surface area contributed by atoms with Gasteiger partial charge in [-0.05, 0) is 50.5 Å². The molecule has 0 saturated carbocycles. The van der Waals surface area contributed by atoms with Crippen LogP contribution in [0.2, 0.25) is 0 Å². The topological polar surface area (TPSA) is 56.8 Å². The van der Waals surface area contributed by atoms with Crippen LogP contribution in [0.4, 0.5) is 21.8 Å². The summed E-state index contributed by atoms with van der Waals surface area (Å²) in [4.78, 5) is 14.8. The number of hydrogen-bond acceptors (Lipinski definition) is 4. The molecule has 24 heavy (non-hydrogen) atoms. The van der Waals surface area contributed by atoms with Crippen molar-refractivity contribution in [1.29, 1.82) is 0 Å². The number of nitrogens with zero attached hydrogens (tertiary/aromatic N) is 3. The predicted octanol–water partition coefficient (Wildman–Crippen LogP) is 4.06. The maximum Gasteiger partial charge on any atom is 0.229 e. The van der Waals surface area contributed by atoms with Crippen LogP contribution in [0.5, 0.6) is 0 Å². The largest absolute Gasteiger partial charge is 0.343 e. The van der Waals surface area contributed by atoms with E-state index in [2.05, 4.69) is 20.2 Å². The summed E-state index contributed by atoms with van der Waals surface area (Å²) in [5.74, 6) is 1.20. The molecule has 1 aliphatic heterocycles. The molecular formula is C18H20FN5. The van der Waals surface area contributed by atoms with Gasteiger partial charge in [-0.3, -0.25) is 0 Å². The Labute approximate surface area is 139 Å². The Morgan fingerprint density at radius 2 is 1.92 bits per heavy atom. The van der Waals surface area contributed by atoms with Gasteiger partial charge in [-0.15, -0.1) is 0 Å². The first-order chi connectivity index (χ1) is 11.6. The fourth-order valence-electron chi connectivity index (χ4n) is 3.09. The summed E-state index contributed by atoms with van der Waals surface area (Å²) in [6.07, 6.45) is 2.33. The van der Waals surface area contributed by atoms with Crippen molar-refractivity contribution in [2.75, 3.05) is 23.3 Å². The zero-order chi connectivity index (χ0) is 16.7. The van der Waals surface area contributed by atoms with Crippen LogP contribution in [0.15, 0.2) is 24.3 Å². The molecule has 0 spiro atoms. The van der Waals surface area contributed by atoms with Gasteiger partial charge in [0, 0.05) is 24.5 Å². The second kappa shape index (κ2) is 5.78. The third kappa shape index (κ3) is 2.68. The summed E-state index contributed by atoms with van der Waals surface area (Å²) in [5.41, 5.74) is 3.14. The van der Waals surface area contributed by atoms with E-state index in [4.69, 9.17) is 4.98 Å². The summed E-state index contributed by atoms with van der Waals surface area (Å²) in [6.45, 7) is 5.70. The number of aryl methyl sites for hydroxylation is 2. The fourth-order valence-corrected chi connectivity index (χ4v) is 3.09. The standard InChI is InChI=1S/C18H20FN5/c1-11-5-6-13(10-15(11)19)21-17-14-9-12(2)20-16(14)22-18(23-17)24-7-3-4-8-24/h5-6,9-10H,3-4,7-8H2,1-2H3,(H2,20,21,22,23). The first kappa shape index (κ1) is 14.9. The summed E-state index contributed by atoms with van der Waals surface area (Å²) in [7, 11) is 0. The lowest BCUT2D eigenvalue weighted by Gasteiger charge is -2.17. The molecule has 1 aromatic carbocycles. The van der Waals surface area contributed by atoms with Gasteiger partial charge in [-0.1, -0.05) is 6.07 Å². The Morgan fingerprint density at radius 1 is 1.12 bits per heavy atom. The van der Waals surface area contributed by atoms with Gasteiger partial charge in [0.2, 0.25) is 5.95 Å². The van der Waals surface area contributed by atoms with Crippen LogP contribution in [-0.4, -0.2) is 28.0 Å². The molecule has 4 rings (SSSR count). The summed E-state index contributed by atoms with van der Waals surface area (Å²) in [5, 5.41) is 4.17. The smallest absolute Gasteiger partial charge is 0.229 e. The minimum atomic E-state index is -0.227. The molecule has 1 aliphatic rings. The van der Waals surface area contributed by atoms with Gasteiger partial charge >= 0.3 is 0 Å². The molecule has 124 valence electrons. The number of aromatic amines is 1. The van der Waals surface area contributed by atoms with Crippen molar-refractivity contribution in [3.8, 4) is 0 Å². The third-order valence-corrected chi connectivity index (χ3v) is 4.43. The van der Waals surface area contributed by atoms with Crippen molar-refractivity contribution < 1.29 is 4.39 Å². The first-order valence-corrected chi connectivity index (χ1v) is 8.25. The monoisotopic (exact) mass is 325 g/mol. The van der Waals surface area contributed by atoms with Crippen molar-refractivity contribution in [2.24, 2.45) is 0 Å². The van der Waals surface area contributed by atoms with Crippen LogP contribution in [0.25, 0.3) is 11.0 Å². The first-order valence-electron chi connectivity index (χ1n) is 8.25. The lowest BCUT2D eigenvalue weighted by Crippen LogP contribution is -2.20. The van der Waals surface area contributed by atoms with E-state index in [1.807, 2.05) is 19.1 Å².